The number of nitrogens with one attached hydrogen (secondary N) is 1. The van der Waals surface area contributed by atoms with E-state index in [-0.39, 0.29) is 0 Å². The third-order valence-corrected chi connectivity index (χ3v) is 8.08. The Morgan fingerprint density at radius 2 is 1.64 bits per heavy atom. The highest BCUT2D eigenvalue weighted by Gasteiger charge is 2.44. The van der Waals surface area contributed by atoms with Crippen LogP contribution in [0.25, 0.3) is 0 Å². The summed E-state index contributed by atoms with van der Waals surface area (Å²) in [5, 5.41) is 20.1. The van der Waals surface area contributed by atoms with Crippen LogP contribution in [0.5, 0.6) is 0 Å². The van der Waals surface area contributed by atoms with Crippen molar-refractivity contribution in [3.63, 3.8) is 0 Å². The van der Waals surface area contributed by atoms with Crippen molar-refractivity contribution in [1.82, 2.24) is 9.55 Å². The van der Waals surface area contributed by atoms with Gasteiger partial charge in [-0.05, 0) is 20.8 Å². The number of aromatic amines is 1. The highest BCUT2D eigenvalue weighted by atomic mass is 31.3. The number of H-pyrrole nitrogens is 1. The van der Waals surface area contributed by atoms with Crippen LogP contribution in [0, 0.1) is 0 Å². The number of nitrogens with zero attached hydrogens (tertiary/aromatic N) is 1. The molecule has 1 aromatic rings. The Kier molecular flexibility index (Phi) is 8.47. The number of aliphatic hydroxyl groups excluding tert-OH is 2. The Morgan fingerprint density at radius 1 is 1.06 bits per heavy atom. The molecular formula is C13H20N2O15P3-3. The lowest BCUT2D eigenvalue weighted by atomic mass is 10.1. The molecule has 0 radical (unpaired) electrons. The lowest BCUT2D eigenvalue weighted by Gasteiger charge is -2.36. The minimum Gasteiger partial charge on any atom is -0.756 e. The van der Waals surface area contributed by atoms with Crippen molar-refractivity contribution < 1.29 is 61.0 Å². The summed E-state index contributed by atoms with van der Waals surface area (Å²) in [5.74, 6) is 0. The summed E-state index contributed by atoms with van der Waals surface area (Å²) in [6, 6.07) is 0.914. The normalized spacial score (nSPS) is 29.2. The van der Waals surface area contributed by atoms with E-state index >= 15 is 0 Å². The van der Waals surface area contributed by atoms with Gasteiger partial charge in [0.25, 0.3) is 29.0 Å². The fourth-order valence-electron chi connectivity index (χ4n) is 2.52. The minimum atomic E-state index is -6.06. The fraction of sp³-hybridized carbons (Fsp3) is 0.692. The standard InChI is InChI=1S/C13H23N2O15P3/c1-13(2,3)28-32(22,23)30-33(24,25)29-31(20,21)26-6-7-9(17)10(18)11(27-7)15-5-4-8(16)14-12(15)19/h4-5,7,9-11,17-18H,6H2,1-3H3,(H,20,21)(H,22,23)(H,24,25)(H,14,16,19)/p-3. The second-order valence-corrected chi connectivity index (χ2v) is 12.0. The van der Waals surface area contributed by atoms with Gasteiger partial charge in [-0.2, -0.15) is 0 Å². The zero-order valence-electron chi connectivity index (χ0n) is 17.2. The number of aromatic nitrogens is 2. The number of phosphoric ester groups is 2. The molecule has 1 aromatic heterocycles. The lowest BCUT2D eigenvalue weighted by molar-refractivity contribution is -0.254. The van der Waals surface area contributed by atoms with Gasteiger partial charge in [-0.1, -0.05) is 0 Å². The van der Waals surface area contributed by atoms with Crippen molar-refractivity contribution in [2.24, 2.45) is 0 Å². The van der Waals surface area contributed by atoms with E-state index in [1.165, 1.54) is 20.8 Å². The summed E-state index contributed by atoms with van der Waals surface area (Å²) in [6.45, 7) is 2.61. The monoisotopic (exact) mass is 537 g/mol. The summed E-state index contributed by atoms with van der Waals surface area (Å²) in [4.78, 5) is 59.9. The smallest absolute Gasteiger partial charge is 0.330 e. The third-order valence-electron chi connectivity index (χ3n) is 3.65. The van der Waals surface area contributed by atoms with E-state index in [1.807, 2.05) is 4.98 Å². The Balaban J connectivity index is 2.03. The van der Waals surface area contributed by atoms with Crippen LogP contribution in [0.2, 0.25) is 0 Å². The van der Waals surface area contributed by atoms with Gasteiger partial charge in [0.1, 0.15) is 18.3 Å². The van der Waals surface area contributed by atoms with E-state index < -0.39 is 71.5 Å². The van der Waals surface area contributed by atoms with Gasteiger partial charge < -0.3 is 38.7 Å². The first-order valence-corrected chi connectivity index (χ1v) is 13.2. The van der Waals surface area contributed by atoms with Gasteiger partial charge >= 0.3 is 5.69 Å². The molecule has 3 N–H and O–H groups in total. The zero-order valence-corrected chi connectivity index (χ0v) is 19.8. The molecule has 20 heteroatoms. The number of aliphatic hydroxyl groups is 2. The predicted octanol–water partition coefficient (Wildman–Crippen LogP) is -2.57. The summed E-state index contributed by atoms with van der Waals surface area (Å²) in [7, 11) is -17.4. The molecule has 7 unspecified atom stereocenters. The summed E-state index contributed by atoms with van der Waals surface area (Å²) < 4.78 is 56.9. The zero-order chi connectivity index (χ0) is 25.4. The van der Waals surface area contributed by atoms with E-state index in [1.54, 1.807) is 0 Å². The molecule has 7 atom stereocenters. The van der Waals surface area contributed by atoms with Crippen LogP contribution in [0.15, 0.2) is 21.9 Å². The number of hydrogen-bond acceptors (Lipinski definition) is 15. The van der Waals surface area contributed by atoms with Crippen LogP contribution in [0.3, 0.4) is 0 Å². The molecule has 2 rings (SSSR count). The molecule has 190 valence electrons. The number of ether oxygens (including phenoxy) is 1. The molecule has 1 aliphatic rings. The minimum absolute atomic E-state index is 0.698. The van der Waals surface area contributed by atoms with Gasteiger partial charge in [0.05, 0.1) is 12.2 Å². The van der Waals surface area contributed by atoms with Gasteiger partial charge in [-0.3, -0.25) is 28.0 Å². The Bertz CT molecular complexity index is 1110. The third kappa shape index (κ3) is 8.30. The van der Waals surface area contributed by atoms with Gasteiger partial charge in [0.2, 0.25) is 0 Å². The first-order chi connectivity index (χ1) is 14.8. The second kappa shape index (κ2) is 9.91. The SMILES string of the molecule is CC(C)(C)OP(=O)([O-])OP(=O)([O-])OP(=O)([O-])OCC1OC(n2ccc(=O)[nH]c2=O)C(O)C1O. The van der Waals surface area contributed by atoms with E-state index in [4.69, 9.17) is 4.74 Å². The topological polar surface area (TPSA) is 262 Å². The van der Waals surface area contributed by atoms with Crippen molar-refractivity contribution in [1.29, 1.82) is 0 Å². The molecular weight excluding hydrogens is 517 g/mol. The number of rotatable bonds is 9. The fourth-order valence-corrected chi connectivity index (χ4v) is 6.19. The largest absolute Gasteiger partial charge is 0.756 e. The molecule has 0 bridgehead atoms. The number of hydrogen-bond donors (Lipinski definition) is 3. The van der Waals surface area contributed by atoms with Crippen molar-refractivity contribution in [3.05, 3.63) is 33.1 Å². The van der Waals surface area contributed by atoms with Crippen LogP contribution >= 0.6 is 23.5 Å². The Labute approximate surface area is 185 Å². The van der Waals surface area contributed by atoms with Gasteiger partial charge in [-0.25, -0.2) is 13.4 Å². The molecule has 0 aliphatic carbocycles. The second-order valence-electron chi connectivity index (χ2n) is 7.57. The molecule has 1 fully saturated rings. The van der Waals surface area contributed by atoms with E-state index in [9.17, 15) is 48.2 Å². The van der Waals surface area contributed by atoms with E-state index in [0.717, 1.165) is 12.3 Å². The van der Waals surface area contributed by atoms with E-state index in [0.29, 0.717) is 4.57 Å². The van der Waals surface area contributed by atoms with E-state index in [2.05, 4.69) is 17.7 Å². The van der Waals surface area contributed by atoms with Gasteiger partial charge in [0.15, 0.2) is 6.23 Å². The van der Waals surface area contributed by atoms with Gasteiger partial charge in [0, 0.05) is 12.3 Å². The molecule has 33 heavy (non-hydrogen) atoms. The first-order valence-electron chi connectivity index (χ1n) is 8.85. The number of phosphoric acid groups is 3. The Morgan fingerprint density at radius 3 is 2.18 bits per heavy atom. The van der Waals surface area contributed by atoms with Crippen LogP contribution in [0.4, 0.5) is 0 Å². The Hall–Kier alpha value is -1.03. The molecule has 17 nitrogen and oxygen atoms in total. The van der Waals surface area contributed by atoms with Crippen LogP contribution in [0.1, 0.15) is 27.0 Å². The summed E-state index contributed by atoms with van der Waals surface area (Å²) in [5.41, 5.74) is -3.17. The van der Waals surface area contributed by atoms with Crippen molar-refractivity contribution in [2.75, 3.05) is 6.61 Å². The predicted molar refractivity (Wildman–Crippen MR) is 99.0 cm³/mol. The van der Waals surface area contributed by atoms with Gasteiger partial charge in [-0.15, -0.1) is 0 Å². The summed E-state index contributed by atoms with van der Waals surface area (Å²) >= 11 is 0. The molecule has 1 aliphatic heterocycles. The maximum Gasteiger partial charge on any atom is 0.330 e. The van der Waals surface area contributed by atoms with Crippen LogP contribution in [-0.2, 0) is 36.1 Å². The van der Waals surface area contributed by atoms with Crippen LogP contribution in [-0.4, -0.2) is 50.3 Å². The lowest BCUT2D eigenvalue weighted by Crippen LogP contribution is -2.37. The molecule has 0 saturated carbocycles. The maximum atomic E-state index is 11.8. The van der Waals surface area contributed by atoms with Crippen molar-refractivity contribution in [3.8, 4) is 0 Å². The highest BCUT2D eigenvalue weighted by Crippen LogP contribution is 2.63. The average molecular weight is 537 g/mol. The van der Waals surface area contributed by atoms with Crippen molar-refractivity contribution in [2.45, 2.75) is 50.9 Å². The summed E-state index contributed by atoms with van der Waals surface area (Å²) in [6.07, 6.45) is -5.87. The molecule has 0 amide bonds. The maximum absolute atomic E-state index is 11.8. The first kappa shape index (κ1) is 28.2. The molecule has 0 aromatic carbocycles. The quantitative estimate of drug-likeness (QED) is 0.273. The van der Waals surface area contributed by atoms with Crippen molar-refractivity contribution >= 4 is 23.5 Å². The molecule has 2 heterocycles. The van der Waals surface area contributed by atoms with Crippen LogP contribution < -0.4 is 25.9 Å². The highest BCUT2D eigenvalue weighted by molar-refractivity contribution is 7.65. The molecule has 0 spiro atoms. The average Bonchev–Trinajstić information content (AvgIpc) is 2.84. The molecule has 1 saturated heterocycles.